The van der Waals surface area contributed by atoms with Crippen molar-refractivity contribution < 1.29 is 4.79 Å². The zero-order chi connectivity index (χ0) is 14.3. The molecule has 19 heavy (non-hydrogen) atoms. The third-order valence-corrected chi connectivity index (χ3v) is 4.10. The predicted octanol–water partition coefficient (Wildman–Crippen LogP) is 5.12. The molecule has 0 aromatic heterocycles. The minimum absolute atomic E-state index is 0.170. The Morgan fingerprint density at radius 2 is 1.89 bits per heavy atom. The average molecular weight is 300 g/mol. The van der Waals surface area contributed by atoms with Crippen molar-refractivity contribution in [2.45, 2.75) is 39.4 Å². The van der Waals surface area contributed by atoms with E-state index in [-0.39, 0.29) is 5.24 Å². The topological polar surface area (TPSA) is 20.3 Å². The second-order valence-electron chi connectivity index (χ2n) is 4.61. The Labute approximate surface area is 125 Å². The number of carbonyl (C=O) groups excluding carboxylic acids is 1. The SMILES string of the molecule is CCCN(CCC)C(=O)SCc1cc(Cl)ccc1C. The van der Waals surface area contributed by atoms with Gasteiger partial charge in [-0.2, -0.15) is 0 Å². The number of hydrogen-bond acceptors (Lipinski definition) is 2. The highest BCUT2D eigenvalue weighted by Crippen LogP contribution is 2.22. The van der Waals surface area contributed by atoms with E-state index < -0.39 is 0 Å². The summed E-state index contributed by atoms with van der Waals surface area (Å²) in [7, 11) is 0. The largest absolute Gasteiger partial charge is 0.334 e. The van der Waals surface area contributed by atoms with Crippen LogP contribution < -0.4 is 0 Å². The molecule has 0 bridgehead atoms. The van der Waals surface area contributed by atoms with Crippen LogP contribution in [-0.4, -0.2) is 23.2 Å². The summed E-state index contributed by atoms with van der Waals surface area (Å²) in [6, 6.07) is 5.83. The number of carbonyl (C=O) groups is 1. The van der Waals surface area contributed by atoms with Crippen LogP contribution in [0.3, 0.4) is 0 Å². The molecule has 0 radical (unpaired) electrons. The maximum Gasteiger partial charge on any atom is 0.281 e. The molecule has 1 aromatic rings. The van der Waals surface area contributed by atoms with Crippen LogP contribution in [0.1, 0.15) is 37.8 Å². The summed E-state index contributed by atoms with van der Waals surface area (Å²) in [5.41, 5.74) is 2.32. The van der Waals surface area contributed by atoms with Gasteiger partial charge in [0.2, 0.25) is 0 Å². The van der Waals surface area contributed by atoms with Crippen LogP contribution in [0.4, 0.5) is 4.79 Å². The lowest BCUT2D eigenvalue weighted by molar-refractivity contribution is 0.223. The summed E-state index contributed by atoms with van der Waals surface area (Å²) in [5.74, 6) is 0.690. The van der Waals surface area contributed by atoms with E-state index in [2.05, 4.69) is 13.8 Å². The van der Waals surface area contributed by atoms with Crippen molar-refractivity contribution in [3.63, 3.8) is 0 Å². The molecule has 4 heteroatoms. The standard InChI is InChI=1S/C15H22ClNOS/c1-4-8-17(9-5-2)15(18)19-11-13-10-14(16)7-6-12(13)3/h6-7,10H,4-5,8-9,11H2,1-3H3. The highest BCUT2D eigenvalue weighted by Gasteiger charge is 2.13. The van der Waals surface area contributed by atoms with E-state index in [1.807, 2.05) is 30.0 Å². The quantitative estimate of drug-likeness (QED) is 0.726. The van der Waals surface area contributed by atoms with Gasteiger partial charge in [0, 0.05) is 23.9 Å². The minimum Gasteiger partial charge on any atom is -0.334 e. The van der Waals surface area contributed by atoms with Crippen LogP contribution in [-0.2, 0) is 5.75 Å². The Hall–Kier alpha value is -0.670. The molecule has 0 aliphatic carbocycles. The van der Waals surface area contributed by atoms with E-state index in [1.165, 1.54) is 17.3 Å². The van der Waals surface area contributed by atoms with Crippen molar-refractivity contribution >= 4 is 28.6 Å². The van der Waals surface area contributed by atoms with E-state index in [0.717, 1.165) is 36.5 Å². The molecular formula is C15H22ClNOS. The van der Waals surface area contributed by atoms with Crippen molar-refractivity contribution in [1.29, 1.82) is 0 Å². The van der Waals surface area contributed by atoms with Gasteiger partial charge < -0.3 is 4.90 Å². The normalized spacial score (nSPS) is 10.5. The lowest BCUT2D eigenvalue weighted by Crippen LogP contribution is -2.29. The summed E-state index contributed by atoms with van der Waals surface area (Å²) in [4.78, 5) is 14.1. The summed E-state index contributed by atoms with van der Waals surface area (Å²) in [6.45, 7) is 7.93. The predicted molar refractivity (Wildman–Crippen MR) is 85.0 cm³/mol. The van der Waals surface area contributed by atoms with Gasteiger partial charge >= 0.3 is 0 Å². The van der Waals surface area contributed by atoms with Crippen LogP contribution in [0.15, 0.2) is 18.2 Å². The first kappa shape index (κ1) is 16.4. The maximum atomic E-state index is 12.1. The molecule has 106 valence electrons. The Morgan fingerprint density at radius 3 is 2.47 bits per heavy atom. The van der Waals surface area contributed by atoms with Gasteiger partial charge in [0.25, 0.3) is 5.24 Å². The third-order valence-electron chi connectivity index (χ3n) is 2.91. The summed E-state index contributed by atoms with van der Waals surface area (Å²) in [6.07, 6.45) is 2.00. The number of rotatable bonds is 6. The molecule has 0 atom stereocenters. The lowest BCUT2D eigenvalue weighted by Gasteiger charge is -2.20. The van der Waals surface area contributed by atoms with Gasteiger partial charge in [-0.05, 0) is 43.0 Å². The number of nitrogens with zero attached hydrogens (tertiary/aromatic N) is 1. The van der Waals surface area contributed by atoms with E-state index in [1.54, 1.807) is 0 Å². The Kier molecular flexibility index (Phi) is 7.32. The van der Waals surface area contributed by atoms with E-state index in [0.29, 0.717) is 5.75 Å². The highest BCUT2D eigenvalue weighted by molar-refractivity contribution is 8.12. The molecule has 0 fully saturated rings. The first-order valence-corrected chi connectivity index (χ1v) is 8.11. The fourth-order valence-electron chi connectivity index (χ4n) is 1.86. The lowest BCUT2D eigenvalue weighted by atomic mass is 10.1. The average Bonchev–Trinajstić information content (AvgIpc) is 2.39. The molecule has 0 saturated carbocycles. The van der Waals surface area contributed by atoms with Crippen molar-refractivity contribution in [3.05, 3.63) is 34.3 Å². The van der Waals surface area contributed by atoms with Gasteiger partial charge in [-0.25, -0.2) is 0 Å². The maximum absolute atomic E-state index is 12.1. The Bertz CT molecular complexity index is 417. The zero-order valence-electron chi connectivity index (χ0n) is 11.9. The second-order valence-corrected chi connectivity index (χ2v) is 5.98. The molecule has 0 heterocycles. The Balaban J connectivity index is 2.59. The number of hydrogen-bond donors (Lipinski definition) is 0. The van der Waals surface area contributed by atoms with Gasteiger partial charge in [-0.1, -0.05) is 43.3 Å². The molecular weight excluding hydrogens is 278 g/mol. The van der Waals surface area contributed by atoms with E-state index >= 15 is 0 Å². The Morgan fingerprint density at radius 1 is 1.26 bits per heavy atom. The van der Waals surface area contributed by atoms with Gasteiger partial charge in [0.05, 0.1) is 0 Å². The van der Waals surface area contributed by atoms with E-state index in [4.69, 9.17) is 11.6 Å². The van der Waals surface area contributed by atoms with Crippen molar-refractivity contribution in [3.8, 4) is 0 Å². The van der Waals surface area contributed by atoms with E-state index in [9.17, 15) is 4.79 Å². The van der Waals surface area contributed by atoms with Crippen molar-refractivity contribution in [1.82, 2.24) is 4.90 Å². The van der Waals surface area contributed by atoms with Gasteiger partial charge in [-0.3, -0.25) is 4.79 Å². The van der Waals surface area contributed by atoms with Crippen LogP contribution >= 0.6 is 23.4 Å². The third kappa shape index (κ3) is 5.45. The number of amides is 1. The number of aryl methyl sites for hydroxylation is 1. The molecule has 1 aromatic carbocycles. The minimum atomic E-state index is 0.170. The highest BCUT2D eigenvalue weighted by atomic mass is 35.5. The molecule has 0 spiro atoms. The van der Waals surface area contributed by atoms with Crippen LogP contribution in [0.5, 0.6) is 0 Å². The number of benzene rings is 1. The van der Waals surface area contributed by atoms with Crippen LogP contribution in [0, 0.1) is 6.92 Å². The first-order chi connectivity index (χ1) is 9.08. The number of thioether (sulfide) groups is 1. The summed E-state index contributed by atoms with van der Waals surface area (Å²) >= 11 is 7.36. The molecule has 1 rings (SSSR count). The zero-order valence-corrected chi connectivity index (χ0v) is 13.5. The molecule has 0 unspecified atom stereocenters. The van der Waals surface area contributed by atoms with Gasteiger partial charge in [0.15, 0.2) is 0 Å². The molecule has 1 amide bonds. The van der Waals surface area contributed by atoms with Crippen molar-refractivity contribution in [2.75, 3.05) is 13.1 Å². The molecule has 0 aliphatic rings. The first-order valence-electron chi connectivity index (χ1n) is 6.75. The van der Waals surface area contributed by atoms with Crippen molar-refractivity contribution in [2.24, 2.45) is 0 Å². The second kappa shape index (κ2) is 8.49. The number of halogens is 1. The molecule has 0 saturated heterocycles. The van der Waals surface area contributed by atoms with Gasteiger partial charge in [0.1, 0.15) is 0 Å². The fourth-order valence-corrected chi connectivity index (χ4v) is 3.01. The van der Waals surface area contributed by atoms with Gasteiger partial charge in [-0.15, -0.1) is 0 Å². The fraction of sp³-hybridized carbons (Fsp3) is 0.533. The monoisotopic (exact) mass is 299 g/mol. The summed E-state index contributed by atoms with van der Waals surface area (Å²) < 4.78 is 0. The molecule has 0 N–H and O–H groups in total. The molecule has 2 nitrogen and oxygen atoms in total. The van der Waals surface area contributed by atoms with Crippen LogP contribution in [0.2, 0.25) is 5.02 Å². The smallest absolute Gasteiger partial charge is 0.281 e. The summed E-state index contributed by atoms with van der Waals surface area (Å²) in [5, 5.41) is 0.899. The van der Waals surface area contributed by atoms with Crippen LogP contribution in [0.25, 0.3) is 0 Å². The molecule has 0 aliphatic heterocycles.